The monoisotopic (exact) mass is 479 g/mol. The van der Waals surface area contributed by atoms with Crippen molar-refractivity contribution in [1.82, 2.24) is 10.2 Å². The molecule has 0 aliphatic rings. The van der Waals surface area contributed by atoms with Crippen molar-refractivity contribution < 1.29 is 32.3 Å². The van der Waals surface area contributed by atoms with Crippen LogP contribution in [0.2, 0.25) is 0 Å². The summed E-state index contributed by atoms with van der Waals surface area (Å²) in [6, 6.07) is 10.3. The van der Waals surface area contributed by atoms with Gasteiger partial charge in [0.25, 0.3) is 11.8 Å². The molecule has 10 heteroatoms. The number of nitrogens with zero attached hydrogens (tertiary/aromatic N) is 1. The zero-order chi connectivity index (χ0) is 25.1. The van der Waals surface area contributed by atoms with E-state index in [0.717, 1.165) is 18.6 Å². The Kier molecular flexibility index (Phi) is 9.91. The van der Waals surface area contributed by atoms with Gasteiger partial charge >= 0.3 is 6.18 Å². The lowest BCUT2D eigenvalue weighted by atomic mass is 10.2. The Labute approximate surface area is 196 Å². The topological polar surface area (TPSA) is 87.7 Å². The Morgan fingerprint density at radius 1 is 0.971 bits per heavy atom. The van der Waals surface area contributed by atoms with Crippen molar-refractivity contribution in [2.45, 2.75) is 32.9 Å². The molecule has 0 heterocycles. The summed E-state index contributed by atoms with van der Waals surface area (Å²) in [6.45, 7) is 4.34. The highest BCUT2D eigenvalue weighted by atomic mass is 19.4. The van der Waals surface area contributed by atoms with Gasteiger partial charge in [-0.15, -0.1) is 0 Å². The highest BCUT2D eigenvalue weighted by molar-refractivity contribution is 5.96. The minimum atomic E-state index is -4.51. The summed E-state index contributed by atoms with van der Waals surface area (Å²) >= 11 is 0. The van der Waals surface area contributed by atoms with Crippen LogP contribution in [-0.4, -0.2) is 48.9 Å². The number of hydrogen-bond acceptors (Lipinski definition) is 4. The maximum atomic E-state index is 12.8. The third-order valence-electron chi connectivity index (χ3n) is 4.63. The average Bonchev–Trinajstić information content (AvgIpc) is 2.80. The van der Waals surface area contributed by atoms with Crippen molar-refractivity contribution in [3.63, 3.8) is 0 Å². The van der Waals surface area contributed by atoms with E-state index in [1.807, 2.05) is 13.8 Å². The number of carbonyl (C=O) groups is 3. The molecule has 0 saturated carbocycles. The van der Waals surface area contributed by atoms with Gasteiger partial charge in [-0.25, -0.2) is 0 Å². The number of halogens is 3. The van der Waals surface area contributed by atoms with Crippen molar-refractivity contribution in [3.8, 4) is 5.75 Å². The third kappa shape index (κ3) is 8.42. The molecule has 0 radical (unpaired) electrons. The Bertz CT molecular complexity index is 978. The number of benzene rings is 2. The molecule has 2 aromatic carbocycles. The van der Waals surface area contributed by atoms with Crippen LogP contribution in [0.25, 0.3) is 0 Å². The van der Waals surface area contributed by atoms with E-state index in [0.29, 0.717) is 30.8 Å². The molecule has 0 unspecified atom stereocenters. The molecule has 0 bridgehead atoms. The zero-order valence-electron chi connectivity index (χ0n) is 19.1. The zero-order valence-corrected chi connectivity index (χ0v) is 19.1. The van der Waals surface area contributed by atoms with Crippen LogP contribution in [0.15, 0.2) is 48.5 Å². The molecular formula is C24H28F3N3O4. The molecule has 0 aliphatic heterocycles. The van der Waals surface area contributed by atoms with Crippen LogP contribution < -0.4 is 15.4 Å². The van der Waals surface area contributed by atoms with Crippen molar-refractivity contribution in [2.24, 2.45) is 0 Å². The maximum absolute atomic E-state index is 12.8. The Balaban J connectivity index is 1.92. The molecule has 0 spiro atoms. The second-order valence-corrected chi connectivity index (χ2v) is 7.52. The maximum Gasteiger partial charge on any atom is 0.416 e. The minimum Gasteiger partial charge on any atom is -0.484 e. The predicted octanol–water partition coefficient (Wildman–Crippen LogP) is 4.10. The first kappa shape index (κ1) is 26.7. The lowest BCUT2D eigenvalue weighted by Crippen LogP contribution is -2.41. The molecule has 2 aromatic rings. The Morgan fingerprint density at radius 2 is 1.68 bits per heavy atom. The van der Waals surface area contributed by atoms with Crippen LogP contribution in [0.1, 0.15) is 42.6 Å². The summed E-state index contributed by atoms with van der Waals surface area (Å²) in [4.78, 5) is 38.3. The van der Waals surface area contributed by atoms with Gasteiger partial charge in [0.05, 0.1) is 12.1 Å². The standard InChI is InChI=1S/C24H28F3N3O4/c1-3-12-28-21(31)15-30(13-4-2)23(33)17-8-10-20(11-9-17)34-16-22(32)29-19-7-5-6-18(14-19)24(25,26)27/h5-11,14H,3-4,12-13,15-16H2,1-2H3,(H,28,31)(H,29,32). The Hall–Kier alpha value is -3.56. The van der Waals surface area contributed by atoms with E-state index in [-0.39, 0.29) is 24.0 Å². The van der Waals surface area contributed by atoms with Crippen molar-refractivity contribution in [1.29, 1.82) is 0 Å². The van der Waals surface area contributed by atoms with Gasteiger partial charge in [0.2, 0.25) is 5.91 Å². The number of rotatable bonds is 11. The van der Waals surface area contributed by atoms with Crippen molar-refractivity contribution in [2.75, 3.05) is 31.6 Å². The highest BCUT2D eigenvalue weighted by Gasteiger charge is 2.30. The molecule has 0 fully saturated rings. The fourth-order valence-electron chi connectivity index (χ4n) is 3.01. The van der Waals surface area contributed by atoms with E-state index in [1.54, 1.807) is 0 Å². The van der Waals surface area contributed by atoms with Gasteiger partial charge in [0.1, 0.15) is 5.75 Å². The van der Waals surface area contributed by atoms with Gasteiger partial charge in [-0.05, 0) is 55.3 Å². The molecule has 0 saturated heterocycles. The van der Waals surface area contributed by atoms with Crippen LogP contribution in [0.5, 0.6) is 5.75 Å². The first-order valence-corrected chi connectivity index (χ1v) is 10.9. The fourth-order valence-corrected chi connectivity index (χ4v) is 3.01. The van der Waals surface area contributed by atoms with Crippen molar-refractivity contribution in [3.05, 3.63) is 59.7 Å². The molecule has 2 rings (SSSR count). The minimum absolute atomic E-state index is 0.00311. The summed E-state index contributed by atoms with van der Waals surface area (Å²) in [7, 11) is 0. The second-order valence-electron chi connectivity index (χ2n) is 7.52. The number of carbonyl (C=O) groups excluding carboxylic acids is 3. The summed E-state index contributed by atoms with van der Waals surface area (Å²) < 4.78 is 43.7. The molecule has 2 N–H and O–H groups in total. The number of nitrogens with one attached hydrogen (secondary N) is 2. The van der Waals surface area contributed by atoms with Gasteiger partial charge in [-0.1, -0.05) is 19.9 Å². The van der Waals surface area contributed by atoms with E-state index in [4.69, 9.17) is 4.74 Å². The summed E-state index contributed by atoms with van der Waals surface area (Å²) in [5.41, 5.74) is -0.507. The highest BCUT2D eigenvalue weighted by Crippen LogP contribution is 2.30. The predicted molar refractivity (Wildman–Crippen MR) is 122 cm³/mol. The lowest BCUT2D eigenvalue weighted by Gasteiger charge is -2.21. The van der Waals surface area contributed by atoms with Crippen LogP contribution in [0.4, 0.5) is 18.9 Å². The average molecular weight is 479 g/mol. The molecule has 184 valence electrons. The van der Waals surface area contributed by atoms with Crippen LogP contribution in [-0.2, 0) is 15.8 Å². The Morgan fingerprint density at radius 3 is 2.29 bits per heavy atom. The molecular weight excluding hydrogens is 451 g/mol. The number of alkyl halides is 3. The third-order valence-corrected chi connectivity index (χ3v) is 4.63. The molecule has 7 nitrogen and oxygen atoms in total. The largest absolute Gasteiger partial charge is 0.484 e. The lowest BCUT2D eigenvalue weighted by molar-refractivity contribution is -0.137. The SMILES string of the molecule is CCCNC(=O)CN(CCC)C(=O)c1ccc(OCC(=O)Nc2cccc(C(F)(F)F)c2)cc1. The second kappa shape index (κ2) is 12.6. The molecule has 34 heavy (non-hydrogen) atoms. The van der Waals surface area contributed by atoms with Gasteiger partial charge < -0.3 is 20.3 Å². The molecule has 0 aromatic heterocycles. The summed E-state index contributed by atoms with van der Waals surface area (Å²) in [6.07, 6.45) is -3.02. The van der Waals surface area contributed by atoms with Gasteiger partial charge in [0.15, 0.2) is 6.61 Å². The first-order valence-electron chi connectivity index (χ1n) is 10.9. The van der Waals surface area contributed by atoms with E-state index in [9.17, 15) is 27.6 Å². The van der Waals surface area contributed by atoms with Gasteiger partial charge in [0, 0.05) is 24.3 Å². The van der Waals surface area contributed by atoms with E-state index in [1.165, 1.54) is 41.3 Å². The van der Waals surface area contributed by atoms with E-state index in [2.05, 4.69) is 10.6 Å². The number of amides is 3. The normalized spacial score (nSPS) is 11.0. The summed E-state index contributed by atoms with van der Waals surface area (Å²) in [5, 5.41) is 5.10. The van der Waals surface area contributed by atoms with E-state index >= 15 is 0 Å². The number of hydrogen-bond donors (Lipinski definition) is 2. The quantitative estimate of drug-likeness (QED) is 0.508. The van der Waals surface area contributed by atoms with E-state index < -0.39 is 24.3 Å². The first-order chi connectivity index (χ1) is 16.1. The van der Waals surface area contributed by atoms with Crippen molar-refractivity contribution >= 4 is 23.4 Å². The number of anilines is 1. The molecule has 0 atom stereocenters. The fraction of sp³-hybridized carbons (Fsp3) is 0.375. The van der Waals surface area contributed by atoms with Gasteiger partial charge in [-0.2, -0.15) is 13.2 Å². The number of ether oxygens (including phenoxy) is 1. The van der Waals surface area contributed by atoms with Crippen LogP contribution in [0, 0.1) is 0 Å². The molecule has 0 aliphatic carbocycles. The summed E-state index contributed by atoms with van der Waals surface area (Å²) in [5.74, 6) is -0.858. The van der Waals surface area contributed by atoms with Gasteiger partial charge in [-0.3, -0.25) is 14.4 Å². The van der Waals surface area contributed by atoms with Crippen LogP contribution in [0.3, 0.4) is 0 Å². The molecule has 3 amide bonds. The van der Waals surface area contributed by atoms with Crippen LogP contribution >= 0.6 is 0 Å². The smallest absolute Gasteiger partial charge is 0.416 e.